The minimum atomic E-state index is -0.693. The average Bonchev–Trinajstić information content (AvgIpc) is 2.53. The molecule has 0 aliphatic heterocycles. The summed E-state index contributed by atoms with van der Waals surface area (Å²) in [5.74, 6) is -0.693. The number of carboxylic acids is 1. The number of aromatic hydroxyl groups is 1. The number of carbonyl (C=O) groups is 1. The van der Waals surface area contributed by atoms with Gasteiger partial charge in [0.2, 0.25) is 0 Å². The van der Waals surface area contributed by atoms with Crippen molar-refractivity contribution >= 4 is 17.3 Å². The molecule has 1 aromatic heterocycles. The third-order valence-corrected chi connectivity index (χ3v) is 1.92. The minimum absolute atomic E-state index is 0.316. The summed E-state index contributed by atoms with van der Waals surface area (Å²) >= 11 is 1.33. The first-order chi connectivity index (χ1) is 6.16. The van der Waals surface area contributed by atoms with Crippen LogP contribution in [0.25, 0.3) is 0 Å². The van der Waals surface area contributed by atoms with Crippen LogP contribution < -0.4 is 0 Å². The normalized spacial score (nSPS) is 8.69. The van der Waals surface area contributed by atoms with Crippen LogP contribution >= 0.6 is 11.3 Å². The molecule has 0 bridgehead atoms. The molecule has 0 unspecified atom stereocenters. The average molecular weight is 202 g/mol. The molecule has 3 nitrogen and oxygen atoms in total. The van der Waals surface area contributed by atoms with Gasteiger partial charge in [-0.1, -0.05) is 13.3 Å². The van der Waals surface area contributed by atoms with E-state index in [2.05, 4.69) is 0 Å². The summed E-state index contributed by atoms with van der Waals surface area (Å²) < 4.78 is 0. The Balaban J connectivity index is 0.000000223. The van der Waals surface area contributed by atoms with Gasteiger partial charge in [-0.3, -0.25) is 4.79 Å². The molecule has 0 aromatic carbocycles. The van der Waals surface area contributed by atoms with E-state index in [-0.39, 0.29) is 0 Å². The zero-order valence-electron chi connectivity index (χ0n) is 7.56. The maximum atomic E-state index is 9.76. The van der Waals surface area contributed by atoms with Crippen LogP contribution in [-0.4, -0.2) is 16.2 Å². The second-order valence-electron chi connectivity index (χ2n) is 2.45. The first-order valence-corrected chi connectivity index (χ1v) is 4.99. The fourth-order valence-corrected chi connectivity index (χ4v) is 1.05. The molecule has 2 N–H and O–H groups in total. The topological polar surface area (TPSA) is 57.5 Å². The second-order valence-corrected chi connectivity index (χ2v) is 3.37. The maximum Gasteiger partial charge on any atom is 0.303 e. The standard InChI is InChI=1S/C5H10O2.C4H4OS/c1-2-3-4-5(6)7;5-4-2-1-3-6-4/h2-4H2,1H3,(H,6,7);1-3,5H. The van der Waals surface area contributed by atoms with Gasteiger partial charge in [0.1, 0.15) is 0 Å². The molecule has 0 saturated heterocycles. The van der Waals surface area contributed by atoms with Crippen molar-refractivity contribution in [1.82, 2.24) is 0 Å². The molecule has 1 rings (SSSR count). The van der Waals surface area contributed by atoms with E-state index >= 15 is 0 Å². The van der Waals surface area contributed by atoms with Crippen LogP contribution in [0.15, 0.2) is 17.5 Å². The summed E-state index contributed by atoms with van der Waals surface area (Å²) in [6.45, 7) is 1.98. The van der Waals surface area contributed by atoms with E-state index in [1.807, 2.05) is 12.3 Å². The van der Waals surface area contributed by atoms with Gasteiger partial charge < -0.3 is 10.2 Å². The molecule has 74 valence electrons. The highest BCUT2D eigenvalue weighted by molar-refractivity contribution is 7.11. The van der Waals surface area contributed by atoms with Crippen LogP contribution in [-0.2, 0) is 4.79 Å². The van der Waals surface area contributed by atoms with Gasteiger partial charge in [-0.05, 0) is 23.9 Å². The quantitative estimate of drug-likeness (QED) is 0.792. The Hall–Kier alpha value is -1.03. The van der Waals surface area contributed by atoms with Gasteiger partial charge in [0.15, 0.2) is 5.06 Å². The number of aliphatic carboxylic acids is 1. The summed E-state index contributed by atoms with van der Waals surface area (Å²) in [6, 6.07) is 3.46. The fourth-order valence-electron chi connectivity index (χ4n) is 0.598. The van der Waals surface area contributed by atoms with Gasteiger partial charge >= 0.3 is 5.97 Å². The van der Waals surface area contributed by atoms with Crippen molar-refractivity contribution in [2.45, 2.75) is 26.2 Å². The lowest BCUT2D eigenvalue weighted by atomic mass is 10.3. The van der Waals surface area contributed by atoms with Crippen LogP contribution in [0.1, 0.15) is 26.2 Å². The molecule has 0 atom stereocenters. The Morgan fingerprint density at radius 3 is 2.46 bits per heavy atom. The predicted octanol–water partition coefficient (Wildman–Crippen LogP) is 2.71. The Bertz CT molecular complexity index is 219. The third-order valence-electron chi connectivity index (χ3n) is 1.25. The van der Waals surface area contributed by atoms with E-state index in [0.29, 0.717) is 11.5 Å². The highest BCUT2D eigenvalue weighted by Crippen LogP contribution is 2.14. The highest BCUT2D eigenvalue weighted by atomic mass is 32.1. The third kappa shape index (κ3) is 8.88. The van der Waals surface area contributed by atoms with Gasteiger partial charge in [-0.25, -0.2) is 0 Å². The Kier molecular flexibility index (Phi) is 7.01. The van der Waals surface area contributed by atoms with Gasteiger partial charge in [-0.2, -0.15) is 0 Å². The van der Waals surface area contributed by atoms with E-state index in [4.69, 9.17) is 10.2 Å². The lowest BCUT2D eigenvalue weighted by Gasteiger charge is -1.85. The zero-order chi connectivity index (χ0) is 10.1. The predicted molar refractivity (Wildman–Crippen MR) is 53.1 cm³/mol. The second kappa shape index (κ2) is 7.61. The van der Waals surface area contributed by atoms with Crippen LogP contribution in [0.4, 0.5) is 0 Å². The smallest absolute Gasteiger partial charge is 0.303 e. The van der Waals surface area contributed by atoms with E-state index in [0.717, 1.165) is 12.8 Å². The summed E-state index contributed by atoms with van der Waals surface area (Å²) in [6.07, 6.45) is 2.08. The van der Waals surface area contributed by atoms with E-state index in [1.54, 1.807) is 12.1 Å². The lowest BCUT2D eigenvalue weighted by molar-refractivity contribution is -0.137. The zero-order valence-corrected chi connectivity index (χ0v) is 8.38. The first kappa shape index (κ1) is 12.0. The Morgan fingerprint density at radius 2 is 2.31 bits per heavy atom. The van der Waals surface area contributed by atoms with Gasteiger partial charge in [0, 0.05) is 6.42 Å². The van der Waals surface area contributed by atoms with Crippen LogP contribution in [0.3, 0.4) is 0 Å². The molecule has 0 fully saturated rings. The summed E-state index contributed by atoms with van der Waals surface area (Å²) in [5, 5.41) is 18.7. The molecule has 0 saturated carbocycles. The molecule has 0 radical (unpaired) electrons. The molecule has 0 amide bonds. The number of unbranched alkanes of at least 4 members (excludes halogenated alkanes) is 1. The van der Waals surface area contributed by atoms with Crippen molar-refractivity contribution in [3.63, 3.8) is 0 Å². The largest absolute Gasteiger partial charge is 0.499 e. The van der Waals surface area contributed by atoms with Crippen LogP contribution in [0.2, 0.25) is 0 Å². The fraction of sp³-hybridized carbons (Fsp3) is 0.444. The van der Waals surface area contributed by atoms with Gasteiger partial charge in [-0.15, -0.1) is 11.3 Å². The van der Waals surface area contributed by atoms with Crippen molar-refractivity contribution in [2.24, 2.45) is 0 Å². The summed E-state index contributed by atoms with van der Waals surface area (Å²) in [5.41, 5.74) is 0. The van der Waals surface area contributed by atoms with Crippen molar-refractivity contribution in [2.75, 3.05) is 0 Å². The Morgan fingerprint density at radius 1 is 1.62 bits per heavy atom. The molecule has 13 heavy (non-hydrogen) atoms. The monoisotopic (exact) mass is 202 g/mol. The number of carboxylic acid groups (broad SMARTS) is 1. The molecule has 0 aliphatic rings. The van der Waals surface area contributed by atoms with Crippen molar-refractivity contribution in [3.05, 3.63) is 17.5 Å². The summed E-state index contributed by atoms with van der Waals surface area (Å²) in [4.78, 5) is 9.76. The van der Waals surface area contributed by atoms with E-state index in [9.17, 15) is 4.79 Å². The molecule has 1 aromatic rings. The molecule has 0 spiro atoms. The SMILES string of the molecule is CCCCC(=O)O.Oc1cccs1. The number of hydrogen-bond acceptors (Lipinski definition) is 3. The van der Waals surface area contributed by atoms with Crippen molar-refractivity contribution in [3.8, 4) is 5.06 Å². The molecular weight excluding hydrogens is 188 g/mol. The first-order valence-electron chi connectivity index (χ1n) is 4.11. The Labute approximate surface area is 81.7 Å². The lowest BCUT2D eigenvalue weighted by Crippen LogP contribution is -1.91. The number of rotatable bonds is 3. The molecule has 1 heterocycles. The number of hydrogen-bond donors (Lipinski definition) is 2. The molecule has 0 aliphatic carbocycles. The maximum absolute atomic E-state index is 9.76. The van der Waals surface area contributed by atoms with Crippen molar-refractivity contribution < 1.29 is 15.0 Å². The van der Waals surface area contributed by atoms with Gasteiger partial charge in [0.05, 0.1) is 0 Å². The van der Waals surface area contributed by atoms with Gasteiger partial charge in [0.25, 0.3) is 0 Å². The molecular formula is C9H14O3S. The van der Waals surface area contributed by atoms with Crippen molar-refractivity contribution in [1.29, 1.82) is 0 Å². The van der Waals surface area contributed by atoms with Crippen LogP contribution in [0.5, 0.6) is 5.06 Å². The number of thiophene rings is 1. The highest BCUT2D eigenvalue weighted by Gasteiger charge is 1.90. The minimum Gasteiger partial charge on any atom is -0.499 e. The van der Waals surface area contributed by atoms with E-state index < -0.39 is 5.97 Å². The van der Waals surface area contributed by atoms with Crippen LogP contribution in [0, 0.1) is 0 Å². The van der Waals surface area contributed by atoms with E-state index in [1.165, 1.54) is 11.3 Å². The molecule has 4 heteroatoms. The summed E-state index contributed by atoms with van der Waals surface area (Å²) in [7, 11) is 0.